The molecule has 2 aromatic rings. The van der Waals surface area contributed by atoms with Crippen molar-refractivity contribution >= 4 is 21.6 Å². The molecule has 0 aliphatic heterocycles. The quantitative estimate of drug-likeness (QED) is 0.686. The van der Waals surface area contributed by atoms with Crippen molar-refractivity contribution in [3.05, 3.63) is 48.4 Å². The first kappa shape index (κ1) is 21.5. The maximum atomic E-state index is 12.9. The lowest BCUT2D eigenvalue weighted by Crippen LogP contribution is -2.86. The summed E-state index contributed by atoms with van der Waals surface area (Å²) in [6, 6.07) is 10.2. The Balaban J connectivity index is 1.55. The Labute approximate surface area is 172 Å². The zero-order valence-electron chi connectivity index (χ0n) is 17.0. The Morgan fingerprint density at radius 3 is 2.52 bits per heavy atom. The second kappa shape index (κ2) is 9.56. The zero-order chi connectivity index (χ0) is 20.9. The molecule has 1 aliphatic rings. The predicted octanol–water partition coefficient (Wildman–Crippen LogP) is 2.50. The summed E-state index contributed by atoms with van der Waals surface area (Å²) in [5.74, 6) is 0.660. The van der Waals surface area contributed by atoms with E-state index in [1.165, 1.54) is 10.7 Å². The maximum absolute atomic E-state index is 12.9. The number of furan rings is 1. The number of rotatable bonds is 8. The number of anilines is 1. The van der Waals surface area contributed by atoms with Gasteiger partial charge in [0.1, 0.15) is 6.04 Å². The Kier molecular flexibility index (Phi) is 7.10. The molecule has 158 valence electrons. The van der Waals surface area contributed by atoms with Gasteiger partial charge in [-0.05, 0) is 56.2 Å². The van der Waals surface area contributed by atoms with Gasteiger partial charge in [0, 0.05) is 18.8 Å². The third-order valence-electron chi connectivity index (χ3n) is 5.55. The van der Waals surface area contributed by atoms with Crippen molar-refractivity contribution in [2.45, 2.75) is 56.0 Å². The molecule has 0 radical (unpaired) electrons. The molecule has 1 saturated carbocycles. The minimum atomic E-state index is -3.53. The van der Waals surface area contributed by atoms with Crippen LogP contribution < -0.4 is 10.6 Å². The van der Waals surface area contributed by atoms with Gasteiger partial charge in [0.15, 0.2) is 12.3 Å². The van der Waals surface area contributed by atoms with Gasteiger partial charge >= 0.3 is 0 Å². The number of quaternary nitrogens is 1. The number of sulfonamides is 1. The highest BCUT2D eigenvalue weighted by Gasteiger charge is 2.29. The van der Waals surface area contributed by atoms with E-state index in [1.807, 2.05) is 24.4 Å². The molecule has 29 heavy (non-hydrogen) atoms. The third kappa shape index (κ3) is 5.46. The molecule has 3 N–H and O–H groups in total. The number of hydrogen-bond donors (Lipinski definition) is 2. The van der Waals surface area contributed by atoms with Crippen LogP contribution in [-0.4, -0.2) is 38.3 Å². The highest BCUT2D eigenvalue weighted by molar-refractivity contribution is 7.89. The van der Waals surface area contributed by atoms with Crippen molar-refractivity contribution in [1.82, 2.24) is 4.31 Å². The Morgan fingerprint density at radius 2 is 1.90 bits per heavy atom. The van der Waals surface area contributed by atoms with Gasteiger partial charge in [-0.3, -0.25) is 4.79 Å². The molecule has 0 unspecified atom stereocenters. The van der Waals surface area contributed by atoms with Crippen LogP contribution in [0.5, 0.6) is 0 Å². The molecule has 1 aliphatic carbocycles. The molecular formula is C21H30N3O4S+. The largest absolute Gasteiger partial charge is 0.463 e. The molecule has 1 heterocycles. The lowest BCUT2D eigenvalue weighted by atomic mass is 9.96. The van der Waals surface area contributed by atoms with Crippen LogP contribution in [0.2, 0.25) is 0 Å². The summed E-state index contributed by atoms with van der Waals surface area (Å²) in [6.45, 7) is 2.21. The first-order valence-electron chi connectivity index (χ1n) is 10.1. The van der Waals surface area contributed by atoms with Gasteiger partial charge in [0.05, 0.1) is 11.2 Å². The van der Waals surface area contributed by atoms with Crippen LogP contribution >= 0.6 is 0 Å². The fourth-order valence-corrected chi connectivity index (χ4v) is 5.10. The molecule has 8 heteroatoms. The van der Waals surface area contributed by atoms with Crippen molar-refractivity contribution in [2.75, 3.05) is 18.9 Å². The van der Waals surface area contributed by atoms with Crippen molar-refractivity contribution in [3.8, 4) is 0 Å². The summed E-state index contributed by atoms with van der Waals surface area (Å²) in [4.78, 5) is 12.4. The lowest BCUT2D eigenvalue weighted by molar-refractivity contribution is -0.684. The number of benzene rings is 1. The standard InChI is InChI=1S/C21H29N3O4S/c1-16(20-9-6-14-28-20)22-15-21(25)23-17-10-12-19(13-11-17)29(26,27)24(2)18-7-4-3-5-8-18/h6,9-14,16,18,22H,3-5,7-8,15H2,1-2H3,(H,23,25)/p+1/t16-/m1/s1. The van der Waals surface area contributed by atoms with Gasteiger partial charge in [0.25, 0.3) is 5.91 Å². The van der Waals surface area contributed by atoms with Crippen LogP contribution in [0.25, 0.3) is 0 Å². The van der Waals surface area contributed by atoms with E-state index in [0.717, 1.165) is 31.4 Å². The molecule has 1 aromatic heterocycles. The summed E-state index contributed by atoms with van der Waals surface area (Å²) in [5.41, 5.74) is 0.577. The fourth-order valence-electron chi connectivity index (χ4n) is 3.68. The van der Waals surface area contributed by atoms with Crippen LogP contribution in [0.3, 0.4) is 0 Å². The molecule has 7 nitrogen and oxygen atoms in total. The lowest BCUT2D eigenvalue weighted by Gasteiger charge is -2.30. The molecular weight excluding hydrogens is 390 g/mol. The van der Waals surface area contributed by atoms with E-state index in [1.54, 1.807) is 37.6 Å². The first-order valence-corrected chi connectivity index (χ1v) is 11.6. The van der Waals surface area contributed by atoms with E-state index in [-0.39, 0.29) is 29.4 Å². The maximum Gasteiger partial charge on any atom is 0.279 e. The van der Waals surface area contributed by atoms with Gasteiger partial charge in [-0.2, -0.15) is 4.31 Å². The van der Waals surface area contributed by atoms with E-state index >= 15 is 0 Å². The van der Waals surface area contributed by atoms with Crippen LogP contribution in [-0.2, 0) is 14.8 Å². The molecule has 1 amide bonds. The van der Waals surface area contributed by atoms with Gasteiger partial charge in [-0.1, -0.05) is 19.3 Å². The van der Waals surface area contributed by atoms with Crippen LogP contribution in [0.4, 0.5) is 5.69 Å². The molecule has 3 rings (SSSR count). The average molecular weight is 421 g/mol. The first-order chi connectivity index (χ1) is 13.9. The van der Waals surface area contributed by atoms with Crippen LogP contribution in [0, 0.1) is 0 Å². The molecule has 0 bridgehead atoms. The second-order valence-corrected chi connectivity index (χ2v) is 9.63. The van der Waals surface area contributed by atoms with E-state index in [0.29, 0.717) is 5.69 Å². The zero-order valence-corrected chi connectivity index (χ0v) is 17.8. The Hall–Kier alpha value is -2.16. The third-order valence-corrected chi connectivity index (χ3v) is 7.48. The van der Waals surface area contributed by atoms with E-state index in [9.17, 15) is 13.2 Å². The minimum absolute atomic E-state index is 0.0404. The molecule has 1 aromatic carbocycles. The number of hydrogen-bond acceptors (Lipinski definition) is 4. The van der Waals surface area contributed by atoms with Crippen molar-refractivity contribution in [2.24, 2.45) is 0 Å². The number of nitrogens with one attached hydrogen (secondary N) is 1. The number of nitrogens with two attached hydrogens (primary N) is 1. The van der Waals surface area contributed by atoms with Crippen LogP contribution in [0.1, 0.15) is 50.8 Å². The second-order valence-electron chi connectivity index (χ2n) is 7.63. The van der Waals surface area contributed by atoms with E-state index < -0.39 is 10.0 Å². The van der Waals surface area contributed by atoms with E-state index in [2.05, 4.69) is 5.32 Å². The molecule has 0 saturated heterocycles. The van der Waals surface area contributed by atoms with Crippen LogP contribution in [0.15, 0.2) is 52.0 Å². The number of nitrogens with zero attached hydrogens (tertiary/aromatic N) is 1. The highest BCUT2D eigenvalue weighted by atomic mass is 32.2. The van der Waals surface area contributed by atoms with Gasteiger partial charge in [-0.15, -0.1) is 0 Å². The van der Waals surface area contributed by atoms with Gasteiger partial charge in [0.2, 0.25) is 10.0 Å². The van der Waals surface area contributed by atoms with Gasteiger partial charge < -0.3 is 15.1 Å². The summed E-state index contributed by atoms with van der Waals surface area (Å²) in [7, 11) is -1.86. The highest BCUT2D eigenvalue weighted by Crippen LogP contribution is 2.26. The number of carbonyl (C=O) groups excluding carboxylic acids is 1. The molecule has 1 fully saturated rings. The Bertz CT molecular complexity index is 889. The number of amides is 1. The molecule has 0 spiro atoms. The predicted molar refractivity (Wildman–Crippen MR) is 111 cm³/mol. The smallest absolute Gasteiger partial charge is 0.279 e. The van der Waals surface area contributed by atoms with E-state index in [4.69, 9.17) is 4.42 Å². The molecule has 1 atom stereocenters. The van der Waals surface area contributed by atoms with Crippen molar-refractivity contribution in [1.29, 1.82) is 0 Å². The monoisotopic (exact) mass is 420 g/mol. The summed E-state index contributed by atoms with van der Waals surface area (Å²) in [6.07, 6.45) is 6.77. The summed E-state index contributed by atoms with van der Waals surface area (Å²) >= 11 is 0. The minimum Gasteiger partial charge on any atom is -0.463 e. The topological polar surface area (TPSA) is 96.2 Å². The fraction of sp³-hybridized carbons (Fsp3) is 0.476. The van der Waals surface area contributed by atoms with Crippen molar-refractivity contribution in [3.63, 3.8) is 0 Å². The Morgan fingerprint density at radius 1 is 1.21 bits per heavy atom. The average Bonchev–Trinajstić information content (AvgIpc) is 3.27. The number of carbonyl (C=O) groups is 1. The normalized spacial score (nSPS) is 16.7. The van der Waals surface area contributed by atoms with Gasteiger partial charge in [-0.25, -0.2) is 8.42 Å². The van der Waals surface area contributed by atoms with Crippen molar-refractivity contribution < 1.29 is 22.9 Å². The summed E-state index contributed by atoms with van der Waals surface area (Å²) in [5, 5.41) is 4.69. The summed E-state index contributed by atoms with van der Waals surface area (Å²) < 4.78 is 32.6. The SMILES string of the molecule is C[C@@H]([NH2+]CC(=O)Nc1ccc(S(=O)(=O)N(C)C2CCCCC2)cc1)c1ccco1.